The largest absolute Gasteiger partial charge is 0.496 e. The number of ether oxygens (including phenoxy) is 1. The molecular formula is C19H19N3O2S. The van der Waals surface area contributed by atoms with Crippen LogP contribution in [0.25, 0.3) is 11.4 Å². The van der Waals surface area contributed by atoms with E-state index in [-0.39, 0.29) is 5.78 Å². The topological polar surface area (TPSA) is 57.0 Å². The van der Waals surface area contributed by atoms with Gasteiger partial charge in [0.05, 0.1) is 18.4 Å². The number of rotatable bonds is 7. The summed E-state index contributed by atoms with van der Waals surface area (Å²) in [7, 11) is 1.64. The van der Waals surface area contributed by atoms with Gasteiger partial charge in [0.25, 0.3) is 0 Å². The predicted octanol–water partition coefficient (Wildman–Crippen LogP) is 3.95. The Labute approximate surface area is 151 Å². The number of nitrogens with zero attached hydrogens (tertiary/aromatic N) is 3. The van der Waals surface area contributed by atoms with Gasteiger partial charge in [0.15, 0.2) is 16.8 Å². The third-order valence-electron chi connectivity index (χ3n) is 3.81. The molecule has 25 heavy (non-hydrogen) atoms. The molecule has 128 valence electrons. The van der Waals surface area contributed by atoms with Crippen LogP contribution in [0, 0.1) is 0 Å². The monoisotopic (exact) mass is 353 g/mol. The lowest BCUT2D eigenvalue weighted by atomic mass is 10.2. The lowest BCUT2D eigenvalue weighted by Crippen LogP contribution is -2.05. The maximum atomic E-state index is 12.3. The normalized spacial score (nSPS) is 10.6. The Kier molecular flexibility index (Phi) is 5.50. The highest BCUT2D eigenvalue weighted by Crippen LogP contribution is 2.30. The van der Waals surface area contributed by atoms with Crippen molar-refractivity contribution in [3.63, 3.8) is 0 Å². The van der Waals surface area contributed by atoms with Gasteiger partial charge in [0.2, 0.25) is 0 Å². The summed E-state index contributed by atoms with van der Waals surface area (Å²) in [5, 5.41) is 9.32. The van der Waals surface area contributed by atoms with Gasteiger partial charge in [-0.3, -0.25) is 4.79 Å². The fraction of sp³-hybridized carbons (Fsp3) is 0.211. The van der Waals surface area contributed by atoms with Crippen LogP contribution in [-0.2, 0) is 6.54 Å². The first-order valence-corrected chi connectivity index (χ1v) is 9.00. The fourth-order valence-corrected chi connectivity index (χ4v) is 3.44. The van der Waals surface area contributed by atoms with Gasteiger partial charge in [0.1, 0.15) is 5.75 Å². The standard InChI is InChI=1S/C19H19N3O2S/c1-3-22-18(15-11-7-8-12-17(15)24-2)20-21-19(22)25-13-16(23)14-9-5-4-6-10-14/h4-12H,3,13H2,1-2H3. The van der Waals surface area contributed by atoms with Crippen LogP contribution >= 0.6 is 11.8 Å². The van der Waals surface area contributed by atoms with Gasteiger partial charge in [0, 0.05) is 12.1 Å². The minimum absolute atomic E-state index is 0.0788. The van der Waals surface area contributed by atoms with Gasteiger partial charge in [-0.05, 0) is 19.1 Å². The van der Waals surface area contributed by atoms with Gasteiger partial charge >= 0.3 is 0 Å². The molecular weight excluding hydrogens is 334 g/mol. The molecule has 3 aromatic rings. The molecule has 0 saturated heterocycles. The van der Waals surface area contributed by atoms with Gasteiger partial charge in [-0.1, -0.05) is 54.2 Å². The molecule has 1 heterocycles. The molecule has 0 N–H and O–H groups in total. The van der Waals surface area contributed by atoms with Crippen LogP contribution in [0.5, 0.6) is 5.75 Å². The zero-order valence-electron chi connectivity index (χ0n) is 14.2. The van der Waals surface area contributed by atoms with E-state index < -0.39 is 0 Å². The number of Topliss-reactive ketones (excluding diaryl/α,β-unsaturated/α-hetero) is 1. The minimum Gasteiger partial charge on any atom is -0.496 e. The average molecular weight is 353 g/mol. The quantitative estimate of drug-likeness (QED) is 0.475. The van der Waals surface area contributed by atoms with E-state index in [9.17, 15) is 4.79 Å². The third-order valence-corrected chi connectivity index (χ3v) is 4.78. The summed E-state index contributed by atoms with van der Waals surface area (Å²) in [5.74, 6) is 1.90. The van der Waals surface area contributed by atoms with Gasteiger partial charge in [-0.2, -0.15) is 0 Å². The van der Waals surface area contributed by atoms with Crippen molar-refractivity contribution < 1.29 is 9.53 Å². The second-order valence-electron chi connectivity index (χ2n) is 5.33. The van der Waals surface area contributed by atoms with Crippen LogP contribution in [0.2, 0.25) is 0 Å². The van der Waals surface area contributed by atoms with Crippen molar-refractivity contribution >= 4 is 17.5 Å². The maximum absolute atomic E-state index is 12.3. The molecule has 0 fully saturated rings. The maximum Gasteiger partial charge on any atom is 0.191 e. The number of para-hydroxylation sites is 1. The Balaban J connectivity index is 1.82. The number of methoxy groups -OCH3 is 1. The van der Waals surface area contributed by atoms with Crippen molar-refractivity contribution in [1.29, 1.82) is 0 Å². The zero-order valence-corrected chi connectivity index (χ0v) is 15.0. The molecule has 0 atom stereocenters. The highest BCUT2D eigenvalue weighted by atomic mass is 32.2. The van der Waals surface area contributed by atoms with Gasteiger partial charge in [-0.25, -0.2) is 0 Å². The second-order valence-corrected chi connectivity index (χ2v) is 6.27. The Bertz CT molecular complexity index is 862. The number of carbonyl (C=O) groups is 1. The van der Waals surface area contributed by atoms with Crippen molar-refractivity contribution in [3.8, 4) is 17.1 Å². The van der Waals surface area contributed by atoms with E-state index >= 15 is 0 Å². The summed E-state index contributed by atoms with van der Waals surface area (Å²) >= 11 is 1.40. The van der Waals surface area contributed by atoms with Crippen LogP contribution in [0.3, 0.4) is 0 Å². The second kappa shape index (κ2) is 7.98. The number of hydrogen-bond acceptors (Lipinski definition) is 5. The van der Waals surface area contributed by atoms with E-state index in [1.54, 1.807) is 7.11 Å². The van der Waals surface area contributed by atoms with E-state index in [0.29, 0.717) is 17.9 Å². The first kappa shape index (κ1) is 17.2. The summed E-state index contributed by atoms with van der Waals surface area (Å²) < 4.78 is 7.42. The van der Waals surface area contributed by atoms with E-state index in [2.05, 4.69) is 10.2 Å². The SMILES string of the molecule is CCn1c(SCC(=O)c2ccccc2)nnc1-c1ccccc1OC. The third kappa shape index (κ3) is 3.74. The highest BCUT2D eigenvalue weighted by molar-refractivity contribution is 7.99. The molecule has 0 radical (unpaired) electrons. The molecule has 0 aliphatic heterocycles. The molecule has 0 saturated carbocycles. The first-order chi connectivity index (χ1) is 12.2. The minimum atomic E-state index is 0.0788. The summed E-state index contributed by atoms with van der Waals surface area (Å²) in [6.07, 6.45) is 0. The molecule has 0 aliphatic rings. The van der Waals surface area contributed by atoms with Crippen LogP contribution in [0.4, 0.5) is 0 Å². The molecule has 0 unspecified atom stereocenters. The summed E-state index contributed by atoms with van der Waals surface area (Å²) in [6, 6.07) is 17.0. The Morgan fingerprint density at radius 1 is 1.08 bits per heavy atom. The molecule has 2 aromatic carbocycles. The van der Waals surface area contributed by atoms with Crippen molar-refractivity contribution in [1.82, 2.24) is 14.8 Å². The van der Waals surface area contributed by atoms with Gasteiger partial charge in [-0.15, -0.1) is 10.2 Å². The van der Waals surface area contributed by atoms with Crippen molar-refractivity contribution in [2.24, 2.45) is 0 Å². The number of benzene rings is 2. The molecule has 0 spiro atoms. The predicted molar refractivity (Wildman–Crippen MR) is 99.2 cm³/mol. The van der Waals surface area contributed by atoms with Gasteiger partial charge < -0.3 is 9.30 Å². The highest BCUT2D eigenvalue weighted by Gasteiger charge is 2.17. The summed E-state index contributed by atoms with van der Waals surface area (Å²) in [4.78, 5) is 12.3. The molecule has 3 rings (SSSR count). The van der Waals surface area contributed by atoms with Crippen LogP contribution < -0.4 is 4.74 Å². The Hall–Kier alpha value is -2.60. The van der Waals surface area contributed by atoms with Crippen LogP contribution in [0.15, 0.2) is 59.8 Å². The van der Waals surface area contributed by atoms with Crippen LogP contribution in [-0.4, -0.2) is 33.4 Å². The number of aromatic nitrogens is 3. The molecule has 6 heteroatoms. The first-order valence-electron chi connectivity index (χ1n) is 8.02. The van der Waals surface area contributed by atoms with Crippen molar-refractivity contribution in [3.05, 3.63) is 60.2 Å². The van der Waals surface area contributed by atoms with Crippen molar-refractivity contribution in [2.75, 3.05) is 12.9 Å². The Morgan fingerprint density at radius 3 is 2.52 bits per heavy atom. The van der Waals surface area contributed by atoms with E-state index in [1.165, 1.54) is 11.8 Å². The Morgan fingerprint density at radius 2 is 1.80 bits per heavy atom. The average Bonchev–Trinajstić information content (AvgIpc) is 3.09. The van der Waals surface area contributed by atoms with E-state index in [4.69, 9.17) is 4.74 Å². The number of thioether (sulfide) groups is 1. The molecule has 0 bridgehead atoms. The zero-order chi connectivity index (χ0) is 17.6. The number of hydrogen-bond donors (Lipinski definition) is 0. The molecule has 0 aliphatic carbocycles. The van der Waals surface area contributed by atoms with Crippen LogP contribution in [0.1, 0.15) is 17.3 Å². The lowest BCUT2D eigenvalue weighted by molar-refractivity contribution is 0.102. The lowest BCUT2D eigenvalue weighted by Gasteiger charge is -2.10. The smallest absolute Gasteiger partial charge is 0.191 e. The molecule has 1 aromatic heterocycles. The van der Waals surface area contributed by atoms with Crippen molar-refractivity contribution in [2.45, 2.75) is 18.6 Å². The molecule has 5 nitrogen and oxygen atoms in total. The van der Waals surface area contributed by atoms with E-state index in [0.717, 1.165) is 22.3 Å². The summed E-state index contributed by atoms with van der Waals surface area (Å²) in [6.45, 7) is 2.74. The fourth-order valence-electron chi connectivity index (χ4n) is 2.55. The molecule has 0 amide bonds. The van der Waals surface area contributed by atoms with E-state index in [1.807, 2.05) is 66.1 Å². The summed E-state index contributed by atoms with van der Waals surface area (Å²) in [5.41, 5.74) is 1.60. The number of carbonyl (C=O) groups excluding carboxylic acids is 1. The number of ketones is 1.